The molecule has 1 N–H and O–H groups in total. The molecule has 2 nitrogen and oxygen atoms in total. The van der Waals surface area contributed by atoms with Crippen molar-refractivity contribution in [3.8, 4) is 0 Å². The SMILES string of the molecule is CC(C)CC(C)NCc1ccc(CSC(F)F)o1. The van der Waals surface area contributed by atoms with Gasteiger partial charge in [-0.2, -0.15) is 8.78 Å². The zero-order valence-corrected chi connectivity index (χ0v) is 11.9. The summed E-state index contributed by atoms with van der Waals surface area (Å²) >= 11 is 0.583. The van der Waals surface area contributed by atoms with E-state index in [0.717, 1.165) is 12.2 Å². The highest BCUT2D eigenvalue weighted by Crippen LogP contribution is 2.21. The molecule has 1 aromatic heterocycles. The summed E-state index contributed by atoms with van der Waals surface area (Å²) in [5.74, 6) is -0.0620. The van der Waals surface area contributed by atoms with Gasteiger partial charge in [0.25, 0.3) is 5.76 Å². The molecule has 1 heterocycles. The van der Waals surface area contributed by atoms with Gasteiger partial charge in [-0.1, -0.05) is 25.6 Å². The van der Waals surface area contributed by atoms with Crippen molar-refractivity contribution in [1.29, 1.82) is 0 Å². The molecule has 0 aliphatic carbocycles. The molecule has 5 heteroatoms. The zero-order chi connectivity index (χ0) is 13.5. The normalized spacial score (nSPS) is 13.5. The van der Waals surface area contributed by atoms with Gasteiger partial charge in [-0.15, -0.1) is 0 Å². The molecule has 0 fully saturated rings. The van der Waals surface area contributed by atoms with Crippen molar-refractivity contribution >= 4 is 11.8 Å². The molecule has 0 bridgehead atoms. The van der Waals surface area contributed by atoms with Crippen LogP contribution in [-0.4, -0.2) is 11.8 Å². The summed E-state index contributed by atoms with van der Waals surface area (Å²) in [6, 6.07) is 4.03. The molecular weight excluding hydrogens is 256 g/mol. The minimum atomic E-state index is -2.34. The molecule has 0 aromatic carbocycles. The van der Waals surface area contributed by atoms with Crippen molar-refractivity contribution < 1.29 is 13.2 Å². The lowest BCUT2D eigenvalue weighted by atomic mass is 10.1. The summed E-state index contributed by atoms with van der Waals surface area (Å²) < 4.78 is 29.5. The van der Waals surface area contributed by atoms with E-state index < -0.39 is 5.76 Å². The maximum absolute atomic E-state index is 12.0. The number of halogens is 2. The van der Waals surface area contributed by atoms with Gasteiger partial charge in [-0.25, -0.2) is 0 Å². The number of rotatable bonds is 8. The van der Waals surface area contributed by atoms with Crippen LogP contribution in [0.5, 0.6) is 0 Å². The first-order chi connectivity index (χ1) is 8.47. The van der Waals surface area contributed by atoms with Crippen LogP contribution in [0.3, 0.4) is 0 Å². The standard InChI is InChI=1S/C13H21F2NOS/c1-9(2)6-10(3)16-7-11-4-5-12(17-11)8-18-13(14)15/h4-5,9-10,13,16H,6-8H2,1-3H3. The Hall–Kier alpha value is -0.550. The predicted octanol–water partition coefficient (Wildman–Crippen LogP) is 4.26. The molecule has 104 valence electrons. The molecule has 0 saturated carbocycles. The predicted molar refractivity (Wildman–Crippen MR) is 71.8 cm³/mol. The Morgan fingerprint density at radius 3 is 2.50 bits per heavy atom. The summed E-state index contributed by atoms with van der Waals surface area (Å²) in [7, 11) is 0. The highest BCUT2D eigenvalue weighted by Gasteiger charge is 2.09. The molecule has 0 saturated heterocycles. The van der Waals surface area contributed by atoms with E-state index in [1.807, 2.05) is 6.07 Å². The van der Waals surface area contributed by atoms with Crippen LogP contribution in [0.15, 0.2) is 16.5 Å². The lowest BCUT2D eigenvalue weighted by Gasteiger charge is -2.14. The number of nitrogens with one attached hydrogen (secondary N) is 1. The van der Waals surface area contributed by atoms with E-state index in [1.165, 1.54) is 0 Å². The summed E-state index contributed by atoms with van der Waals surface area (Å²) in [6.07, 6.45) is 1.11. The van der Waals surface area contributed by atoms with E-state index >= 15 is 0 Å². The van der Waals surface area contributed by atoms with Crippen molar-refractivity contribution in [2.45, 2.75) is 51.3 Å². The Morgan fingerprint density at radius 1 is 1.22 bits per heavy atom. The van der Waals surface area contributed by atoms with Crippen LogP contribution < -0.4 is 5.32 Å². The molecule has 0 radical (unpaired) electrons. The van der Waals surface area contributed by atoms with Gasteiger partial charge in [-0.3, -0.25) is 0 Å². The number of hydrogen-bond donors (Lipinski definition) is 1. The minimum Gasteiger partial charge on any atom is -0.464 e. The summed E-state index contributed by atoms with van der Waals surface area (Å²) in [5.41, 5.74) is 0. The Balaban J connectivity index is 2.30. The van der Waals surface area contributed by atoms with Crippen LogP contribution in [0.1, 0.15) is 38.7 Å². The van der Waals surface area contributed by atoms with Crippen molar-refractivity contribution in [1.82, 2.24) is 5.32 Å². The maximum Gasteiger partial charge on any atom is 0.284 e. The van der Waals surface area contributed by atoms with E-state index in [0.29, 0.717) is 36.0 Å². The van der Waals surface area contributed by atoms with E-state index in [9.17, 15) is 8.78 Å². The topological polar surface area (TPSA) is 25.2 Å². The lowest BCUT2D eigenvalue weighted by Crippen LogP contribution is -2.26. The first-order valence-electron chi connectivity index (χ1n) is 6.18. The third kappa shape index (κ3) is 6.40. The molecule has 0 amide bonds. The fraction of sp³-hybridized carbons (Fsp3) is 0.692. The molecule has 0 spiro atoms. The van der Waals surface area contributed by atoms with Crippen molar-refractivity contribution in [3.05, 3.63) is 23.7 Å². The highest BCUT2D eigenvalue weighted by atomic mass is 32.2. The van der Waals surface area contributed by atoms with Crippen LogP contribution in [0.25, 0.3) is 0 Å². The van der Waals surface area contributed by atoms with Gasteiger partial charge in [0, 0.05) is 6.04 Å². The van der Waals surface area contributed by atoms with Crippen LogP contribution in [0.2, 0.25) is 0 Å². The van der Waals surface area contributed by atoms with Crippen LogP contribution in [0, 0.1) is 5.92 Å². The van der Waals surface area contributed by atoms with Gasteiger partial charge in [0.05, 0.1) is 12.3 Å². The average molecular weight is 277 g/mol. The third-order valence-electron chi connectivity index (χ3n) is 2.52. The Labute approximate surface area is 112 Å². The monoisotopic (exact) mass is 277 g/mol. The minimum absolute atomic E-state index is 0.221. The first-order valence-corrected chi connectivity index (χ1v) is 7.23. The van der Waals surface area contributed by atoms with Crippen molar-refractivity contribution in [2.75, 3.05) is 0 Å². The zero-order valence-electron chi connectivity index (χ0n) is 11.1. The van der Waals surface area contributed by atoms with E-state index in [4.69, 9.17) is 4.42 Å². The number of furan rings is 1. The summed E-state index contributed by atoms with van der Waals surface area (Å²) in [4.78, 5) is 0. The van der Waals surface area contributed by atoms with E-state index in [2.05, 4.69) is 26.1 Å². The number of alkyl halides is 2. The van der Waals surface area contributed by atoms with Gasteiger partial charge in [-0.05, 0) is 31.4 Å². The third-order valence-corrected chi connectivity index (χ3v) is 3.22. The molecular formula is C13H21F2NOS. The molecule has 1 unspecified atom stereocenters. The fourth-order valence-corrected chi connectivity index (χ4v) is 2.25. The van der Waals surface area contributed by atoms with Gasteiger partial charge in [0.15, 0.2) is 0 Å². The fourth-order valence-electron chi connectivity index (χ4n) is 1.81. The Kier molecular flexibility index (Phi) is 6.71. The highest BCUT2D eigenvalue weighted by molar-refractivity contribution is 7.98. The van der Waals surface area contributed by atoms with E-state index in [-0.39, 0.29) is 5.75 Å². The van der Waals surface area contributed by atoms with Crippen LogP contribution in [0.4, 0.5) is 8.78 Å². The Morgan fingerprint density at radius 2 is 1.89 bits per heavy atom. The van der Waals surface area contributed by atoms with Gasteiger partial charge >= 0.3 is 0 Å². The quantitative estimate of drug-likeness (QED) is 0.768. The maximum atomic E-state index is 12.0. The van der Waals surface area contributed by atoms with Crippen molar-refractivity contribution in [2.24, 2.45) is 5.92 Å². The number of hydrogen-bond acceptors (Lipinski definition) is 3. The Bertz CT molecular complexity index is 341. The largest absolute Gasteiger partial charge is 0.464 e. The summed E-state index contributed by atoms with van der Waals surface area (Å²) in [5, 5.41) is 3.36. The van der Waals surface area contributed by atoms with E-state index in [1.54, 1.807) is 6.07 Å². The molecule has 1 aromatic rings. The molecule has 0 aliphatic rings. The average Bonchev–Trinajstić information content (AvgIpc) is 2.70. The van der Waals surface area contributed by atoms with Crippen LogP contribution in [-0.2, 0) is 12.3 Å². The van der Waals surface area contributed by atoms with Gasteiger partial charge in [0.1, 0.15) is 11.5 Å². The lowest BCUT2D eigenvalue weighted by molar-refractivity contribution is 0.251. The molecule has 1 atom stereocenters. The second kappa shape index (κ2) is 7.79. The second-order valence-electron chi connectivity index (χ2n) is 4.85. The van der Waals surface area contributed by atoms with Crippen molar-refractivity contribution in [3.63, 3.8) is 0 Å². The second-order valence-corrected chi connectivity index (χ2v) is 5.83. The first kappa shape index (κ1) is 15.5. The van der Waals surface area contributed by atoms with Crippen LogP contribution >= 0.6 is 11.8 Å². The number of thioether (sulfide) groups is 1. The van der Waals surface area contributed by atoms with Gasteiger partial charge < -0.3 is 9.73 Å². The molecule has 1 rings (SSSR count). The van der Waals surface area contributed by atoms with Gasteiger partial charge in [0.2, 0.25) is 0 Å². The summed E-state index contributed by atoms with van der Waals surface area (Å²) in [6.45, 7) is 7.15. The smallest absolute Gasteiger partial charge is 0.284 e. The molecule has 18 heavy (non-hydrogen) atoms. The molecule has 0 aliphatic heterocycles.